The van der Waals surface area contributed by atoms with Gasteiger partial charge in [-0.25, -0.2) is 14.4 Å². The Morgan fingerprint density at radius 1 is 0.814 bits per heavy atom. The molecule has 3 aromatic rings. The van der Waals surface area contributed by atoms with Crippen LogP contribution in [0, 0.1) is 0 Å². The fourth-order valence-corrected chi connectivity index (χ4v) is 4.76. The maximum atomic E-state index is 14.1. The minimum Gasteiger partial charge on any atom is -0.460 e. The highest BCUT2D eigenvalue weighted by atomic mass is 19.4. The molecule has 2 heterocycles. The van der Waals surface area contributed by atoms with Crippen LogP contribution in [0.2, 0.25) is 0 Å². The SMILES string of the molecule is COCCOC(=O)C1=C(C)NC(C)=C(C(=O)OCCOC(=O)c2cnc3ccccc3c2)C1c1ccccc1C(F)(F)F. The molecule has 1 N–H and O–H groups in total. The summed E-state index contributed by atoms with van der Waals surface area (Å²) in [6.07, 6.45) is -3.42. The molecule has 0 radical (unpaired) electrons. The summed E-state index contributed by atoms with van der Waals surface area (Å²) in [4.78, 5) is 43.3. The first kappa shape index (κ1) is 31.2. The maximum Gasteiger partial charge on any atom is 0.416 e. The van der Waals surface area contributed by atoms with E-state index in [0.29, 0.717) is 5.52 Å². The first-order valence-electron chi connectivity index (χ1n) is 13.2. The Hall–Kier alpha value is -4.71. The molecule has 2 aromatic carbocycles. The summed E-state index contributed by atoms with van der Waals surface area (Å²) in [5.41, 5.74) is -0.434. The van der Waals surface area contributed by atoms with Crippen LogP contribution in [-0.4, -0.2) is 56.4 Å². The van der Waals surface area contributed by atoms with Gasteiger partial charge >= 0.3 is 24.1 Å². The second kappa shape index (κ2) is 13.5. The molecule has 0 fully saturated rings. The van der Waals surface area contributed by atoms with Gasteiger partial charge in [-0.15, -0.1) is 0 Å². The van der Waals surface area contributed by atoms with Gasteiger partial charge in [0.15, 0.2) is 0 Å². The van der Waals surface area contributed by atoms with Crippen LogP contribution < -0.4 is 5.32 Å². The second-order valence-electron chi connectivity index (χ2n) is 9.54. The third-order valence-electron chi connectivity index (χ3n) is 6.67. The van der Waals surface area contributed by atoms with Gasteiger partial charge in [-0.2, -0.15) is 13.2 Å². The molecule has 12 heteroatoms. The number of allylic oxidation sites excluding steroid dienone is 2. The highest BCUT2D eigenvalue weighted by Gasteiger charge is 2.43. The molecule has 0 aliphatic carbocycles. The van der Waals surface area contributed by atoms with Gasteiger partial charge in [-0.1, -0.05) is 36.4 Å². The third-order valence-corrected chi connectivity index (χ3v) is 6.67. The standard InChI is InChI=1S/C31H29F3N2O7/c1-18-25(29(38)42-13-12-40-3)27(22-9-5-6-10-23(22)31(32,33)34)26(19(2)36-18)30(39)43-15-14-41-28(37)21-16-20-8-4-7-11-24(20)35-17-21/h4-11,16-17,27,36H,12-15H2,1-3H3. The summed E-state index contributed by atoms with van der Waals surface area (Å²) in [5.74, 6) is -4.07. The number of aromatic nitrogens is 1. The molecule has 226 valence electrons. The first-order chi connectivity index (χ1) is 20.5. The summed E-state index contributed by atoms with van der Waals surface area (Å²) < 4.78 is 63.0. The van der Waals surface area contributed by atoms with Crippen LogP contribution in [0.25, 0.3) is 10.9 Å². The van der Waals surface area contributed by atoms with Crippen molar-refractivity contribution in [1.82, 2.24) is 10.3 Å². The van der Waals surface area contributed by atoms with Gasteiger partial charge in [0.1, 0.15) is 19.8 Å². The average Bonchev–Trinajstić information content (AvgIpc) is 2.98. The number of ether oxygens (including phenoxy) is 4. The van der Waals surface area contributed by atoms with E-state index in [1.807, 2.05) is 6.07 Å². The number of hydrogen-bond donors (Lipinski definition) is 1. The summed E-state index contributed by atoms with van der Waals surface area (Å²) in [7, 11) is 1.40. The van der Waals surface area contributed by atoms with Crippen molar-refractivity contribution in [2.45, 2.75) is 25.9 Å². The van der Waals surface area contributed by atoms with E-state index in [-0.39, 0.29) is 53.5 Å². The van der Waals surface area contributed by atoms with E-state index >= 15 is 0 Å². The van der Waals surface area contributed by atoms with E-state index in [9.17, 15) is 27.6 Å². The molecule has 0 bridgehead atoms. The lowest BCUT2D eigenvalue weighted by molar-refractivity contribution is -0.143. The molecular formula is C31H29F3N2O7. The summed E-state index contributed by atoms with van der Waals surface area (Å²) in [6.45, 7) is 2.17. The zero-order valence-corrected chi connectivity index (χ0v) is 23.6. The fraction of sp³-hybridized carbons (Fsp3) is 0.290. The molecule has 0 amide bonds. The number of dihydropyridines is 1. The lowest BCUT2D eigenvalue weighted by Gasteiger charge is -2.31. The summed E-state index contributed by atoms with van der Waals surface area (Å²) in [6, 6.07) is 13.5. The topological polar surface area (TPSA) is 113 Å². The number of nitrogens with one attached hydrogen (secondary N) is 1. The van der Waals surface area contributed by atoms with Crippen LogP contribution >= 0.6 is 0 Å². The van der Waals surface area contributed by atoms with Crippen LogP contribution in [0.1, 0.15) is 41.3 Å². The van der Waals surface area contributed by atoms with Crippen LogP contribution in [0.15, 0.2) is 83.3 Å². The van der Waals surface area contributed by atoms with E-state index in [0.717, 1.165) is 11.5 Å². The fourth-order valence-electron chi connectivity index (χ4n) is 4.76. The third kappa shape index (κ3) is 7.20. The van der Waals surface area contributed by atoms with Crippen LogP contribution in [0.4, 0.5) is 13.2 Å². The molecular weight excluding hydrogens is 569 g/mol. The Bertz CT molecular complexity index is 1600. The Kier molecular flexibility index (Phi) is 9.81. The number of hydrogen-bond acceptors (Lipinski definition) is 9. The zero-order valence-electron chi connectivity index (χ0n) is 23.6. The Morgan fingerprint density at radius 3 is 2.00 bits per heavy atom. The normalized spacial score (nSPS) is 15.3. The Balaban J connectivity index is 1.55. The van der Waals surface area contributed by atoms with Crippen molar-refractivity contribution >= 4 is 28.8 Å². The molecule has 0 saturated carbocycles. The molecule has 1 aromatic heterocycles. The van der Waals surface area contributed by atoms with Crippen LogP contribution in [0.5, 0.6) is 0 Å². The molecule has 4 rings (SSSR count). The van der Waals surface area contributed by atoms with Crippen molar-refractivity contribution in [2.24, 2.45) is 0 Å². The van der Waals surface area contributed by atoms with Crippen LogP contribution in [-0.2, 0) is 34.7 Å². The number of para-hydroxylation sites is 1. The van der Waals surface area contributed by atoms with Gasteiger partial charge in [0.2, 0.25) is 0 Å². The molecule has 1 aliphatic heterocycles. The van der Waals surface area contributed by atoms with Gasteiger partial charge in [0.25, 0.3) is 0 Å². The van der Waals surface area contributed by atoms with Crippen molar-refractivity contribution in [1.29, 1.82) is 0 Å². The number of carbonyl (C=O) groups is 3. The lowest BCUT2D eigenvalue weighted by Crippen LogP contribution is -2.34. The van der Waals surface area contributed by atoms with E-state index in [1.54, 1.807) is 24.3 Å². The van der Waals surface area contributed by atoms with Crippen molar-refractivity contribution in [3.05, 3.63) is 100 Å². The van der Waals surface area contributed by atoms with E-state index in [4.69, 9.17) is 18.9 Å². The van der Waals surface area contributed by atoms with E-state index < -0.39 is 42.2 Å². The van der Waals surface area contributed by atoms with Gasteiger partial charge in [0, 0.05) is 30.1 Å². The quantitative estimate of drug-likeness (QED) is 0.194. The monoisotopic (exact) mass is 598 g/mol. The van der Waals surface area contributed by atoms with Gasteiger partial charge in [0.05, 0.1) is 40.3 Å². The number of esters is 3. The largest absolute Gasteiger partial charge is 0.460 e. The number of halogens is 3. The summed E-state index contributed by atoms with van der Waals surface area (Å²) >= 11 is 0. The van der Waals surface area contributed by atoms with Crippen molar-refractivity contribution in [3.8, 4) is 0 Å². The number of pyridine rings is 1. The lowest BCUT2D eigenvalue weighted by atomic mass is 9.78. The smallest absolute Gasteiger partial charge is 0.416 e. The molecule has 43 heavy (non-hydrogen) atoms. The second-order valence-corrected chi connectivity index (χ2v) is 9.54. The molecule has 0 saturated heterocycles. The number of benzene rings is 2. The Labute approximate surface area is 245 Å². The van der Waals surface area contributed by atoms with Gasteiger partial charge < -0.3 is 24.3 Å². The number of rotatable bonds is 10. The van der Waals surface area contributed by atoms with Crippen LogP contribution in [0.3, 0.4) is 0 Å². The predicted molar refractivity (Wildman–Crippen MR) is 149 cm³/mol. The maximum absolute atomic E-state index is 14.1. The Morgan fingerprint density at radius 2 is 1.37 bits per heavy atom. The molecule has 1 unspecified atom stereocenters. The number of methoxy groups -OCH3 is 1. The molecule has 1 aliphatic rings. The summed E-state index contributed by atoms with van der Waals surface area (Å²) in [5, 5.41) is 3.62. The molecule has 0 spiro atoms. The minimum absolute atomic E-state index is 0.0626. The molecule has 9 nitrogen and oxygen atoms in total. The van der Waals surface area contributed by atoms with Crippen molar-refractivity contribution in [2.75, 3.05) is 33.5 Å². The predicted octanol–water partition coefficient (Wildman–Crippen LogP) is 5.08. The van der Waals surface area contributed by atoms with E-state index in [1.165, 1.54) is 45.4 Å². The number of carbonyl (C=O) groups excluding carboxylic acids is 3. The number of fused-ring (bicyclic) bond motifs is 1. The number of nitrogens with zero attached hydrogens (tertiary/aromatic N) is 1. The van der Waals surface area contributed by atoms with Crippen molar-refractivity contribution in [3.63, 3.8) is 0 Å². The number of alkyl halides is 3. The van der Waals surface area contributed by atoms with Gasteiger partial charge in [-0.05, 0) is 37.6 Å². The van der Waals surface area contributed by atoms with Crippen molar-refractivity contribution < 1.29 is 46.5 Å². The highest BCUT2D eigenvalue weighted by Crippen LogP contribution is 2.44. The highest BCUT2D eigenvalue weighted by molar-refractivity contribution is 6.00. The van der Waals surface area contributed by atoms with Gasteiger partial charge in [-0.3, -0.25) is 4.98 Å². The zero-order chi connectivity index (χ0) is 31.1. The minimum atomic E-state index is -4.78. The first-order valence-corrected chi connectivity index (χ1v) is 13.2. The average molecular weight is 599 g/mol. The van der Waals surface area contributed by atoms with E-state index in [2.05, 4.69) is 10.3 Å². The molecule has 1 atom stereocenters.